The fourth-order valence-electron chi connectivity index (χ4n) is 3.31. The summed E-state index contributed by atoms with van der Waals surface area (Å²) in [5.74, 6) is 0.237. The smallest absolute Gasteiger partial charge is 0.393 e. The second-order valence-corrected chi connectivity index (χ2v) is 5.93. The van der Waals surface area contributed by atoms with Crippen molar-refractivity contribution >= 4 is 10.9 Å². The Morgan fingerprint density at radius 2 is 1.81 bits per heavy atom. The molecule has 1 aromatic heterocycles. The van der Waals surface area contributed by atoms with E-state index in [4.69, 9.17) is 0 Å². The molecule has 0 unspecified atom stereocenters. The molecular weight excluding hydrogens is 279 g/mol. The van der Waals surface area contributed by atoms with Crippen molar-refractivity contribution in [2.75, 3.05) is 0 Å². The zero-order valence-corrected chi connectivity index (χ0v) is 11.8. The van der Waals surface area contributed by atoms with Gasteiger partial charge in [0.2, 0.25) is 0 Å². The normalized spacial score (nSPS) is 23.7. The molecule has 2 nitrogen and oxygen atoms in total. The van der Waals surface area contributed by atoms with Gasteiger partial charge < -0.3 is 9.67 Å². The predicted octanol–water partition coefficient (Wildman–Crippen LogP) is 4.22. The van der Waals surface area contributed by atoms with Crippen LogP contribution in [-0.4, -0.2) is 15.8 Å². The van der Waals surface area contributed by atoms with Gasteiger partial charge >= 0.3 is 6.18 Å². The van der Waals surface area contributed by atoms with E-state index < -0.39 is 11.7 Å². The predicted molar refractivity (Wildman–Crippen MR) is 75.1 cm³/mol. The van der Waals surface area contributed by atoms with E-state index in [-0.39, 0.29) is 12.0 Å². The summed E-state index contributed by atoms with van der Waals surface area (Å²) in [7, 11) is 1.86. The van der Waals surface area contributed by atoms with Crippen molar-refractivity contribution in [3.63, 3.8) is 0 Å². The molecule has 5 heteroatoms. The number of nitrogens with zero attached hydrogens (tertiary/aromatic N) is 1. The Hall–Kier alpha value is -1.49. The number of halogens is 3. The van der Waals surface area contributed by atoms with Gasteiger partial charge in [0.25, 0.3) is 0 Å². The Bertz CT molecular complexity index is 651. The number of fused-ring (bicyclic) bond motifs is 1. The molecule has 0 amide bonds. The highest BCUT2D eigenvalue weighted by atomic mass is 19.4. The Labute approximate surface area is 121 Å². The summed E-state index contributed by atoms with van der Waals surface area (Å²) in [4.78, 5) is 0. The molecule has 3 rings (SSSR count). The molecule has 1 heterocycles. The molecule has 1 N–H and O–H groups in total. The number of alkyl halides is 3. The summed E-state index contributed by atoms with van der Waals surface area (Å²) in [6.45, 7) is 0. The van der Waals surface area contributed by atoms with Crippen LogP contribution in [0.25, 0.3) is 10.9 Å². The van der Waals surface area contributed by atoms with Gasteiger partial charge in [-0.15, -0.1) is 0 Å². The maximum atomic E-state index is 12.9. The Kier molecular flexibility index (Phi) is 3.48. The number of aryl methyl sites for hydroxylation is 1. The minimum atomic E-state index is -4.32. The van der Waals surface area contributed by atoms with E-state index in [2.05, 4.69) is 0 Å². The molecule has 0 spiro atoms. The van der Waals surface area contributed by atoms with E-state index in [0.29, 0.717) is 5.39 Å². The fraction of sp³-hybridized carbons (Fsp3) is 0.500. The van der Waals surface area contributed by atoms with Crippen molar-refractivity contribution in [2.24, 2.45) is 7.05 Å². The lowest BCUT2D eigenvalue weighted by atomic mass is 9.82. The van der Waals surface area contributed by atoms with Crippen LogP contribution in [0.5, 0.6) is 0 Å². The summed E-state index contributed by atoms with van der Waals surface area (Å²) in [6.07, 6.45) is 0.464. The molecule has 1 saturated carbocycles. The third-order valence-corrected chi connectivity index (χ3v) is 4.48. The van der Waals surface area contributed by atoms with Gasteiger partial charge in [-0.25, -0.2) is 0 Å². The molecule has 1 aromatic carbocycles. The minimum absolute atomic E-state index is 0.237. The van der Waals surface area contributed by atoms with E-state index in [0.717, 1.165) is 42.8 Å². The monoisotopic (exact) mass is 297 g/mol. The Balaban J connectivity index is 2.06. The standard InChI is InChI=1S/C16H18F3NO/c1-20-9-14(10-2-5-12(21)6-3-10)13-8-11(16(17,18)19)4-7-15(13)20/h4,7-10,12,21H,2-3,5-6H2,1H3. The topological polar surface area (TPSA) is 25.2 Å². The summed E-state index contributed by atoms with van der Waals surface area (Å²) in [5, 5.41) is 10.3. The van der Waals surface area contributed by atoms with Crippen molar-refractivity contribution in [1.29, 1.82) is 0 Å². The number of benzene rings is 1. The lowest BCUT2D eigenvalue weighted by Crippen LogP contribution is -2.16. The van der Waals surface area contributed by atoms with Crippen LogP contribution in [0.2, 0.25) is 0 Å². The highest BCUT2D eigenvalue weighted by molar-refractivity contribution is 5.85. The first-order chi connectivity index (χ1) is 9.86. The first-order valence-corrected chi connectivity index (χ1v) is 7.20. The summed E-state index contributed by atoms with van der Waals surface area (Å²) < 4.78 is 40.6. The van der Waals surface area contributed by atoms with Gasteiger partial charge in [0.05, 0.1) is 11.7 Å². The Morgan fingerprint density at radius 1 is 1.14 bits per heavy atom. The van der Waals surface area contributed by atoms with Gasteiger partial charge in [0, 0.05) is 24.1 Å². The summed E-state index contributed by atoms with van der Waals surface area (Å²) in [5.41, 5.74) is 1.20. The zero-order valence-electron chi connectivity index (χ0n) is 11.8. The highest BCUT2D eigenvalue weighted by Crippen LogP contribution is 2.39. The van der Waals surface area contributed by atoms with Gasteiger partial charge in [0.15, 0.2) is 0 Å². The van der Waals surface area contributed by atoms with Crippen LogP contribution in [0.1, 0.15) is 42.7 Å². The first-order valence-electron chi connectivity index (χ1n) is 7.20. The van der Waals surface area contributed by atoms with Crippen LogP contribution in [0, 0.1) is 0 Å². The molecule has 1 aliphatic carbocycles. The number of aliphatic hydroxyl groups is 1. The van der Waals surface area contributed by atoms with Gasteiger partial charge in [-0.1, -0.05) is 0 Å². The Morgan fingerprint density at radius 3 is 2.43 bits per heavy atom. The maximum absolute atomic E-state index is 12.9. The number of hydrogen-bond donors (Lipinski definition) is 1. The molecule has 0 atom stereocenters. The van der Waals surface area contributed by atoms with Crippen LogP contribution >= 0.6 is 0 Å². The first kappa shape index (κ1) is 14.4. The number of aromatic nitrogens is 1. The van der Waals surface area contributed by atoms with Gasteiger partial charge in [-0.05, 0) is 55.4 Å². The van der Waals surface area contributed by atoms with Crippen LogP contribution in [0.3, 0.4) is 0 Å². The van der Waals surface area contributed by atoms with Gasteiger partial charge in [0.1, 0.15) is 0 Å². The third-order valence-electron chi connectivity index (χ3n) is 4.48. The molecule has 114 valence electrons. The maximum Gasteiger partial charge on any atom is 0.416 e. The van der Waals surface area contributed by atoms with Crippen molar-refractivity contribution in [1.82, 2.24) is 4.57 Å². The second-order valence-electron chi connectivity index (χ2n) is 5.93. The van der Waals surface area contributed by atoms with E-state index in [1.54, 1.807) is 6.07 Å². The second kappa shape index (κ2) is 5.05. The third kappa shape index (κ3) is 2.67. The van der Waals surface area contributed by atoms with Crippen molar-refractivity contribution in [2.45, 2.75) is 43.9 Å². The van der Waals surface area contributed by atoms with E-state index in [9.17, 15) is 18.3 Å². The van der Waals surface area contributed by atoms with Crippen molar-refractivity contribution in [3.8, 4) is 0 Å². The van der Waals surface area contributed by atoms with Crippen molar-refractivity contribution < 1.29 is 18.3 Å². The molecule has 21 heavy (non-hydrogen) atoms. The fourth-order valence-corrected chi connectivity index (χ4v) is 3.31. The molecule has 0 saturated heterocycles. The zero-order chi connectivity index (χ0) is 15.2. The molecule has 0 bridgehead atoms. The average molecular weight is 297 g/mol. The van der Waals surface area contributed by atoms with Crippen LogP contribution in [-0.2, 0) is 13.2 Å². The van der Waals surface area contributed by atoms with Gasteiger partial charge in [-0.3, -0.25) is 0 Å². The summed E-state index contributed by atoms with van der Waals surface area (Å²) in [6, 6.07) is 3.94. The van der Waals surface area contributed by atoms with Crippen LogP contribution in [0.4, 0.5) is 13.2 Å². The van der Waals surface area contributed by atoms with Crippen LogP contribution < -0.4 is 0 Å². The number of hydrogen-bond acceptors (Lipinski definition) is 1. The lowest BCUT2D eigenvalue weighted by Gasteiger charge is -2.25. The van der Waals surface area contributed by atoms with E-state index in [1.165, 1.54) is 6.07 Å². The lowest BCUT2D eigenvalue weighted by molar-refractivity contribution is -0.137. The molecule has 0 radical (unpaired) electrons. The highest BCUT2D eigenvalue weighted by Gasteiger charge is 2.31. The quantitative estimate of drug-likeness (QED) is 0.838. The van der Waals surface area contributed by atoms with Gasteiger partial charge in [-0.2, -0.15) is 13.2 Å². The summed E-state index contributed by atoms with van der Waals surface area (Å²) >= 11 is 0. The molecule has 1 fully saturated rings. The van der Waals surface area contributed by atoms with E-state index >= 15 is 0 Å². The molecular formula is C16H18F3NO. The number of aliphatic hydroxyl groups excluding tert-OH is 1. The number of rotatable bonds is 1. The van der Waals surface area contributed by atoms with Crippen LogP contribution in [0.15, 0.2) is 24.4 Å². The minimum Gasteiger partial charge on any atom is -0.393 e. The molecule has 0 aliphatic heterocycles. The molecule has 1 aliphatic rings. The average Bonchev–Trinajstić information content (AvgIpc) is 2.76. The SMILES string of the molecule is Cn1cc(C2CCC(O)CC2)c2cc(C(F)(F)F)ccc21. The van der Waals surface area contributed by atoms with E-state index in [1.807, 2.05) is 17.8 Å². The molecule has 2 aromatic rings. The largest absolute Gasteiger partial charge is 0.416 e. The van der Waals surface area contributed by atoms with Crippen molar-refractivity contribution in [3.05, 3.63) is 35.5 Å².